The second-order valence-corrected chi connectivity index (χ2v) is 5.68. The molecule has 4 nitrogen and oxygen atoms in total. The molecule has 1 fully saturated rings. The summed E-state index contributed by atoms with van der Waals surface area (Å²) in [6.45, 7) is 12.5. The van der Waals surface area contributed by atoms with Crippen molar-refractivity contribution in [3.63, 3.8) is 0 Å². The fourth-order valence-electron chi connectivity index (χ4n) is 3.10. The van der Waals surface area contributed by atoms with Gasteiger partial charge < -0.3 is 10.1 Å². The third-order valence-electron chi connectivity index (χ3n) is 4.38. The van der Waals surface area contributed by atoms with E-state index in [-0.39, 0.29) is 5.41 Å². The Balaban J connectivity index is 2.20. The number of ether oxygens (including phenoxy) is 1. The Hall–Kier alpha value is -0.870. The van der Waals surface area contributed by atoms with Crippen molar-refractivity contribution in [1.82, 2.24) is 15.1 Å². The van der Waals surface area contributed by atoms with Crippen LogP contribution in [0.3, 0.4) is 0 Å². The molecule has 0 spiro atoms. The lowest BCUT2D eigenvalue weighted by Gasteiger charge is -2.32. The van der Waals surface area contributed by atoms with Gasteiger partial charge in [0.25, 0.3) is 0 Å². The van der Waals surface area contributed by atoms with Crippen molar-refractivity contribution in [2.24, 2.45) is 5.41 Å². The molecular formula is C15H27N3O. The lowest BCUT2D eigenvalue weighted by Crippen LogP contribution is -2.41. The summed E-state index contributed by atoms with van der Waals surface area (Å²) in [5.74, 6) is 0. The normalized spacial score (nSPS) is 27.1. The summed E-state index contributed by atoms with van der Waals surface area (Å²) in [6.07, 6.45) is 2.50. The van der Waals surface area contributed by atoms with E-state index < -0.39 is 0 Å². The predicted molar refractivity (Wildman–Crippen MR) is 77.3 cm³/mol. The van der Waals surface area contributed by atoms with Crippen LogP contribution in [0, 0.1) is 12.3 Å². The van der Waals surface area contributed by atoms with E-state index >= 15 is 0 Å². The minimum absolute atomic E-state index is 0.218. The van der Waals surface area contributed by atoms with E-state index in [0.717, 1.165) is 44.8 Å². The van der Waals surface area contributed by atoms with Crippen LogP contribution in [-0.2, 0) is 17.7 Å². The second-order valence-electron chi connectivity index (χ2n) is 5.68. The van der Waals surface area contributed by atoms with E-state index in [1.807, 2.05) is 0 Å². The van der Waals surface area contributed by atoms with Crippen LogP contribution in [0.4, 0.5) is 0 Å². The molecule has 1 aliphatic rings. The standard InChI is InChI=1S/C15H27N3O/c1-5-16-11-15(7-8-19-13(15)4)10-14-9-12(3)17-18(14)6-2/h9,13,16H,5-8,10-11H2,1-4H3. The zero-order chi connectivity index (χ0) is 13.9. The summed E-state index contributed by atoms with van der Waals surface area (Å²) in [7, 11) is 0. The Morgan fingerprint density at radius 3 is 2.89 bits per heavy atom. The van der Waals surface area contributed by atoms with Crippen molar-refractivity contribution in [1.29, 1.82) is 0 Å². The Morgan fingerprint density at radius 2 is 2.32 bits per heavy atom. The summed E-state index contributed by atoms with van der Waals surface area (Å²) in [5, 5.41) is 8.08. The highest BCUT2D eigenvalue weighted by atomic mass is 16.5. The molecule has 19 heavy (non-hydrogen) atoms. The molecule has 2 atom stereocenters. The first-order valence-corrected chi connectivity index (χ1v) is 7.47. The molecule has 0 aromatic carbocycles. The van der Waals surface area contributed by atoms with Gasteiger partial charge in [0, 0.05) is 30.8 Å². The van der Waals surface area contributed by atoms with Gasteiger partial charge in [-0.25, -0.2) is 0 Å². The van der Waals surface area contributed by atoms with Crippen LogP contribution in [0.5, 0.6) is 0 Å². The fourth-order valence-corrected chi connectivity index (χ4v) is 3.10. The van der Waals surface area contributed by atoms with Gasteiger partial charge in [-0.2, -0.15) is 5.10 Å². The minimum Gasteiger partial charge on any atom is -0.378 e. The molecule has 1 N–H and O–H groups in total. The summed E-state index contributed by atoms with van der Waals surface area (Å²) in [5.41, 5.74) is 2.67. The van der Waals surface area contributed by atoms with E-state index in [2.05, 4.69) is 48.9 Å². The van der Waals surface area contributed by atoms with E-state index in [4.69, 9.17) is 4.74 Å². The van der Waals surface area contributed by atoms with Gasteiger partial charge >= 0.3 is 0 Å². The van der Waals surface area contributed by atoms with Gasteiger partial charge in [0.2, 0.25) is 0 Å². The second kappa shape index (κ2) is 6.06. The van der Waals surface area contributed by atoms with Gasteiger partial charge in [-0.3, -0.25) is 4.68 Å². The number of aromatic nitrogens is 2. The monoisotopic (exact) mass is 265 g/mol. The minimum atomic E-state index is 0.218. The van der Waals surface area contributed by atoms with Gasteiger partial charge in [0.1, 0.15) is 0 Å². The number of hydrogen-bond acceptors (Lipinski definition) is 3. The Morgan fingerprint density at radius 1 is 1.53 bits per heavy atom. The lowest BCUT2D eigenvalue weighted by atomic mass is 9.77. The van der Waals surface area contributed by atoms with Crippen LogP contribution in [-0.4, -0.2) is 35.6 Å². The molecule has 1 aromatic rings. The van der Waals surface area contributed by atoms with Crippen LogP contribution in [0.15, 0.2) is 6.07 Å². The van der Waals surface area contributed by atoms with Crippen molar-refractivity contribution in [3.05, 3.63) is 17.5 Å². The number of rotatable bonds is 6. The number of aryl methyl sites for hydroxylation is 2. The Kier molecular flexibility index (Phi) is 4.63. The molecule has 1 aliphatic heterocycles. The average molecular weight is 265 g/mol. The van der Waals surface area contributed by atoms with Crippen LogP contribution in [0.1, 0.15) is 38.6 Å². The molecule has 108 valence electrons. The maximum absolute atomic E-state index is 5.85. The first kappa shape index (κ1) is 14.5. The van der Waals surface area contributed by atoms with Crippen molar-refractivity contribution in [2.75, 3.05) is 19.7 Å². The van der Waals surface area contributed by atoms with E-state index in [9.17, 15) is 0 Å². The average Bonchev–Trinajstić information content (AvgIpc) is 2.92. The highest BCUT2D eigenvalue weighted by Crippen LogP contribution is 2.37. The Labute approximate surface area is 116 Å². The first-order valence-electron chi connectivity index (χ1n) is 7.47. The largest absolute Gasteiger partial charge is 0.378 e. The molecule has 2 heterocycles. The van der Waals surface area contributed by atoms with E-state index in [1.165, 1.54) is 5.69 Å². The molecule has 2 unspecified atom stereocenters. The maximum atomic E-state index is 5.85. The van der Waals surface area contributed by atoms with Crippen molar-refractivity contribution in [2.45, 2.75) is 53.2 Å². The van der Waals surface area contributed by atoms with Crippen molar-refractivity contribution >= 4 is 0 Å². The number of nitrogens with zero attached hydrogens (tertiary/aromatic N) is 2. The quantitative estimate of drug-likeness (QED) is 0.856. The van der Waals surface area contributed by atoms with Crippen molar-refractivity contribution in [3.8, 4) is 0 Å². The molecular weight excluding hydrogens is 238 g/mol. The molecule has 1 aromatic heterocycles. The zero-order valence-electron chi connectivity index (χ0n) is 12.7. The molecule has 0 saturated carbocycles. The Bertz CT molecular complexity index is 416. The van der Waals surface area contributed by atoms with Crippen LogP contribution in [0.2, 0.25) is 0 Å². The summed E-state index contributed by atoms with van der Waals surface area (Å²) >= 11 is 0. The highest BCUT2D eigenvalue weighted by Gasteiger charge is 2.41. The molecule has 0 aliphatic carbocycles. The van der Waals surface area contributed by atoms with E-state index in [1.54, 1.807) is 0 Å². The summed E-state index contributed by atoms with van der Waals surface area (Å²) in [4.78, 5) is 0. The fraction of sp³-hybridized carbons (Fsp3) is 0.800. The van der Waals surface area contributed by atoms with Gasteiger partial charge in [-0.15, -0.1) is 0 Å². The number of nitrogens with one attached hydrogen (secondary N) is 1. The molecule has 2 rings (SSSR count). The first-order chi connectivity index (χ1) is 9.11. The van der Waals surface area contributed by atoms with Gasteiger partial charge in [0.05, 0.1) is 11.8 Å². The third-order valence-corrected chi connectivity index (χ3v) is 4.38. The number of hydrogen-bond donors (Lipinski definition) is 1. The lowest BCUT2D eigenvalue weighted by molar-refractivity contribution is 0.0623. The zero-order valence-corrected chi connectivity index (χ0v) is 12.7. The SMILES string of the molecule is CCNCC1(Cc2cc(C)nn2CC)CCOC1C. The molecule has 1 saturated heterocycles. The van der Waals surface area contributed by atoms with Crippen LogP contribution in [0.25, 0.3) is 0 Å². The van der Waals surface area contributed by atoms with Gasteiger partial charge in [-0.05, 0) is 46.2 Å². The molecule has 4 heteroatoms. The highest BCUT2D eigenvalue weighted by molar-refractivity contribution is 5.13. The smallest absolute Gasteiger partial charge is 0.0619 e. The maximum Gasteiger partial charge on any atom is 0.0619 e. The van der Waals surface area contributed by atoms with Gasteiger partial charge in [0.15, 0.2) is 0 Å². The van der Waals surface area contributed by atoms with Crippen LogP contribution < -0.4 is 5.32 Å². The molecule has 0 bridgehead atoms. The molecule has 0 radical (unpaired) electrons. The van der Waals surface area contributed by atoms with E-state index in [0.29, 0.717) is 6.10 Å². The van der Waals surface area contributed by atoms with Crippen LogP contribution >= 0.6 is 0 Å². The van der Waals surface area contributed by atoms with Crippen molar-refractivity contribution < 1.29 is 4.74 Å². The summed E-state index contributed by atoms with van der Waals surface area (Å²) < 4.78 is 7.98. The third kappa shape index (κ3) is 3.00. The summed E-state index contributed by atoms with van der Waals surface area (Å²) in [6, 6.07) is 2.22. The molecule has 0 amide bonds. The predicted octanol–water partition coefficient (Wildman–Crippen LogP) is 2.16. The topological polar surface area (TPSA) is 39.1 Å². The van der Waals surface area contributed by atoms with Gasteiger partial charge in [-0.1, -0.05) is 6.92 Å².